The van der Waals surface area contributed by atoms with Crippen molar-refractivity contribution in [2.45, 2.75) is 95.5 Å². The molecule has 0 radical (unpaired) electrons. The molecule has 206 valence electrons. The van der Waals surface area contributed by atoms with E-state index in [1.165, 1.54) is 17.7 Å². The predicted octanol–water partition coefficient (Wildman–Crippen LogP) is 2.68. The summed E-state index contributed by atoms with van der Waals surface area (Å²) in [5.74, 6) is -1.05. The lowest BCUT2D eigenvalue weighted by Crippen LogP contribution is -2.66. The minimum Gasteiger partial charge on any atom is -0.462 e. The smallest absolute Gasteiger partial charge is 0.331 e. The molecule has 4 bridgehead atoms. The zero-order chi connectivity index (χ0) is 26.9. The third-order valence-corrected chi connectivity index (χ3v) is 9.61. The second-order valence-corrected chi connectivity index (χ2v) is 11.8. The summed E-state index contributed by atoms with van der Waals surface area (Å²) in [6, 6.07) is 0. The van der Waals surface area contributed by atoms with Crippen LogP contribution in [0, 0.1) is 10.8 Å². The SMILES string of the molecule is CC1=CC2OC3C(O)C4OC(=O)C=C/C=C/C5OC(CC(C)=CC(=O)OCC2(CC1)C4(C)C31CO1)OC5C. The van der Waals surface area contributed by atoms with Gasteiger partial charge in [0.25, 0.3) is 0 Å². The number of fused-ring (bicyclic) bond motifs is 2. The van der Waals surface area contributed by atoms with Crippen LogP contribution in [0.2, 0.25) is 0 Å². The highest BCUT2D eigenvalue weighted by atomic mass is 16.7. The van der Waals surface area contributed by atoms with Gasteiger partial charge in [0.15, 0.2) is 6.29 Å². The molecule has 10 unspecified atom stereocenters. The van der Waals surface area contributed by atoms with E-state index in [0.717, 1.165) is 12.0 Å². The van der Waals surface area contributed by atoms with Gasteiger partial charge in [-0.15, -0.1) is 0 Å². The van der Waals surface area contributed by atoms with E-state index in [4.69, 9.17) is 28.4 Å². The number of rotatable bonds is 0. The van der Waals surface area contributed by atoms with Crippen LogP contribution in [0.5, 0.6) is 0 Å². The van der Waals surface area contributed by atoms with Gasteiger partial charge in [-0.3, -0.25) is 0 Å². The zero-order valence-corrected chi connectivity index (χ0v) is 22.3. The molecule has 0 aromatic carbocycles. The zero-order valence-electron chi connectivity index (χ0n) is 22.3. The number of carbonyl (C=O) groups is 2. The highest BCUT2D eigenvalue weighted by molar-refractivity contribution is 5.83. The van der Waals surface area contributed by atoms with Gasteiger partial charge in [-0.25, -0.2) is 9.59 Å². The number of ether oxygens (including phenoxy) is 6. The summed E-state index contributed by atoms with van der Waals surface area (Å²) in [7, 11) is 0. The molecule has 2 spiro atoms. The molecule has 4 aliphatic heterocycles. The van der Waals surface area contributed by atoms with Crippen molar-refractivity contribution in [3.8, 4) is 0 Å². The normalized spacial score (nSPS) is 49.2. The van der Waals surface area contributed by atoms with E-state index in [1.54, 1.807) is 12.2 Å². The van der Waals surface area contributed by atoms with Crippen molar-refractivity contribution < 1.29 is 43.1 Å². The molecule has 0 aromatic rings. The molecule has 0 amide bonds. The Morgan fingerprint density at radius 3 is 2.55 bits per heavy atom. The highest BCUT2D eigenvalue weighted by Crippen LogP contribution is 2.72. The predicted molar refractivity (Wildman–Crippen MR) is 134 cm³/mol. The number of aliphatic hydroxyl groups excluding tert-OH is 1. The Morgan fingerprint density at radius 2 is 1.79 bits per heavy atom. The fourth-order valence-corrected chi connectivity index (χ4v) is 7.36. The second kappa shape index (κ2) is 9.13. The first-order chi connectivity index (χ1) is 18.1. The first-order valence-corrected chi connectivity index (χ1v) is 13.4. The van der Waals surface area contributed by atoms with Gasteiger partial charge in [-0.2, -0.15) is 0 Å². The molecule has 1 saturated carbocycles. The Labute approximate surface area is 222 Å². The summed E-state index contributed by atoms with van der Waals surface area (Å²) in [6.07, 6.45) is 7.78. The van der Waals surface area contributed by atoms with Crippen LogP contribution < -0.4 is 0 Å². The van der Waals surface area contributed by atoms with Crippen molar-refractivity contribution in [2.24, 2.45) is 10.8 Å². The maximum absolute atomic E-state index is 13.0. The van der Waals surface area contributed by atoms with Crippen LogP contribution in [0.15, 0.2) is 47.6 Å². The van der Waals surface area contributed by atoms with Crippen LogP contribution in [0.3, 0.4) is 0 Å². The van der Waals surface area contributed by atoms with Crippen LogP contribution in [0.25, 0.3) is 0 Å². The molecule has 3 saturated heterocycles. The van der Waals surface area contributed by atoms with Crippen molar-refractivity contribution in [3.05, 3.63) is 47.6 Å². The third-order valence-electron chi connectivity index (χ3n) is 9.61. The molecule has 4 fully saturated rings. The van der Waals surface area contributed by atoms with Gasteiger partial charge in [0, 0.05) is 24.0 Å². The molecule has 2 aliphatic carbocycles. The summed E-state index contributed by atoms with van der Waals surface area (Å²) in [5.41, 5.74) is -0.499. The fraction of sp³-hybridized carbons (Fsp3) is 0.655. The number of esters is 2. The molecular formula is C29H36O9. The lowest BCUT2D eigenvalue weighted by molar-refractivity contribution is -0.232. The van der Waals surface area contributed by atoms with E-state index in [0.29, 0.717) is 19.4 Å². The minimum atomic E-state index is -1.09. The van der Waals surface area contributed by atoms with Crippen molar-refractivity contribution in [2.75, 3.05) is 13.2 Å². The van der Waals surface area contributed by atoms with Crippen LogP contribution >= 0.6 is 0 Å². The Morgan fingerprint density at radius 1 is 1.00 bits per heavy atom. The van der Waals surface area contributed by atoms with Crippen molar-refractivity contribution in [1.29, 1.82) is 0 Å². The molecule has 4 heterocycles. The van der Waals surface area contributed by atoms with Gasteiger partial charge in [0.05, 0.1) is 24.2 Å². The molecule has 9 heteroatoms. The molecular weight excluding hydrogens is 492 g/mol. The van der Waals surface area contributed by atoms with E-state index in [1.807, 2.05) is 33.8 Å². The van der Waals surface area contributed by atoms with Crippen LogP contribution in [-0.2, 0) is 38.0 Å². The lowest BCUT2D eigenvalue weighted by Gasteiger charge is -2.58. The summed E-state index contributed by atoms with van der Waals surface area (Å²) in [6.45, 7) is 8.21. The first-order valence-electron chi connectivity index (χ1n) is 13.4. The van der Waals surface area contributed by atoms with Gasteiger partial charge in [0.2, 0.25) is 0 Å². The summed E-state index contributed by atoms with van der Waals surface area (Å²) >= 11 is 0. The average molecular weight is 529 g/mol. The lowest BCUT2D eigenvalue weighted by atomic mass is 9.51. The Bertz CT molecular complexity index is 1130. The number of hydrogen-bond acceptors (Lipinski definition) is 9. The van der Waals surface area contributed by atoms with Gasteiger partial charge >= 0.3 is 11.9 Å². The standard InChI is InChI=1S/C29H36O9/c1-16-9-10-28-14-33-22(31)12-17(2)13-23-35-18(3)19(36-23)7-5-6-8-21(30)38-25-24(32)26(37-20(28)11-16)29(15-34-29)27(25,28)4/h5-8,11-12,18-20,23-26,32H,9-10,13-15H2,1-4H3/b7-5+,8-6?,17-12?. The highest BCUT2D eigenvalue weighted by Gasteiger charge is 2.85. The number of hydrogen-bond donors (Lipinski definition) is 1. The van der Waals surface area contributed by atoms with Crippen LogP contribution in [0.1, 0.15) is 47.0 Å². The number of carbonyl (C=O) groups excluding carboxylic acids is 2. The largest absolute Gasteiger partial charge is 0.462 e. The third kappa shape index (κ3) is 3.78. The van der Waals surface area contributed by atoms with Crippen molar-refractivity contribution in [1.82, 2.24) is 0 Å². The summed E-state index contributed by atoms with van der Waals surface area (Å²) < 4.78 is 36.3. The fourth-order valence-electron chi connectivity index (χ4n) is 7.36. The van der Waals surface area contributed by atoms with Gasteiger partial charge in [-0.05, 0) is 33.6 Å². The number of cyclic esters (lactones) is 1. The quantitative estimate of drug-likeness (QED) is 0.288. The van der Waals surface area contributed by atoms with Gasteiger partial charge < -0.3 is 33.5 Å². The molecule has 1 N–H and O–H groups in total. The Kier molecular flexibility index (Phi) is 6.23. The number of epoxide rings is 1. The minimum absolute atomic E-state index is 0.0350. The first kappa shape index (κ1) is 26.0. The van der Waals surface area contributed by atoms with Gasteiger partial charge in [-0.1, -0.05) is 42.4 Å². The van der Waals surface area contributed by atoms with Crippen LogP contribution in [0.4, 0.5) is 0 Å². The molecule has 10 atom stereocenters. The maximum atomic E-state index is 13.0. The van der Waals surface area contributed by atoms with Crippen molar-refractivity contribution >= 4 is 11.9 Å². The van der Waals surface area contributed by atoms with E-state index < -0.39 is 59.1 Å². The molecule has 9 nitrogen and oxygen atoms in total. The van der Waals surface area contributed by atoms with E-state index in [2.05, 4.69) is 6.08 Å². The van der Waals surface area contributed by atoms with Crippen molar-refractivity contribution in [3.63, 3.8) is 0 Å². The Hall–Kier alpha value is -2.30. The number of aliphatic hydroxyl groups is 1. The summed E-state index contributed by atoms with van der Waals surface area (Å²) in [4.78, 5) is 26.0. The van der Waals surface area contributed by atoms with Crippen LogP contribution in [-0.4, -0.2) is 78.8 Å². The molecule has 0 aromatic heterocycles. The van der Waals surface area contributed by atoms with E-state index in [-0.39, 0.29) is 18.8 Å². The molecule has 6 aliphatic rings. The van der Waals surface area contributed by atoms with Gasteiger partial charge in [0.1, 0.15) is 36.6 Å². The molecule has 38 heavy (non-hydrogen) atoms. The molecule has 6 rings (SSSR count). The monoisotopic (exact) mass is 528 g/mol. The summed E-state index contributed by atoms with van der Waals surface area (Å²) in [5, 5.41) is 11.4. The average Bonchev–Trinajstić information content (AvgIpc) is 3.57. The number of allylic oxidation sites excluding steroid dienone is 3. The Balaban J connectivity index is 1.40. The second-order valence-electron chi connectivity index (χ2n) is 11.8. The van der Waals surface area contributed by atoms with E-state index >= 15 is 0 Å². The topological polar surface area (TPSA) is 113 Å². The maximum Gasteiger partial charge on any atom is 0.331 e. The van der Waals surface area contributed by atoms with E-state index in [9.17, 15) is 14.7 Å².